The number of rotatable bonds is 14. The molecule has 1 amide bonds. The van der Waals surface area contributed by atoms with Gasteiger partial charge in [-0.05, 0) is 130 Å². The molecule has 23 heteroatoms. The summed E-state index contributed by atoms with van der Waals surface area (Å²) in [6, 6.07) is 23.4. The minimum absolute atomic E-state index is 0.0255. The van der Waals surface area contributed by atoms with Crippen LogP contribution in [0, 0.1) is 28.4 Å². The summed E-state index contributed by atoms with van der Waals surface area (Å²) >= 11 is 0. The third-order valence-corrected chi connectivity index (χ3v) is 21.7. The lowest BCUT2D eigenvalue weighted by atomic mass is 9.59. The SMILES string of the molecule is CC[C@H](c1cnc(N2CCOC[C@@H]2C)c(OC)c1)N1CCN(C2CC3(CCN(c4ccc(C(=O)NS(=O)(=O)c5cc6c(c([N+](=O)[O-])c5)N[C@H](C5CCOCC5)CO6)c(N5c6cc7cc[nH]c7nc6O[C@H]6COCC[C@@H]65)c4)CC3)C2)[C@H](c2ccccc2C)C1. The van der Waals surface area contributed by atoms with Gasteiger partial charge in [-0.1, -0.05) is 31.2 Å². The van der Waals surface area contributed by atoms with E-state index < -0.39 is 37.5 Å². The normalized spacial score (nSPS) is 24.7. The Morgan fingerprint density at radius 2 is 1.73 bits per heavy atom. The molecule has 466 valence electrons. The molecule has 8 aliphatic rings. The van der Waals surface area contributed by atoms with E-state index in [2.05, 4.69) is 96.8 Å². The van der Waals surface area contributed by atoms with Gasteiger partial charge in [-0.3, -0.25) is 24.7 Å². The van der Waals surface area contributed by atoms with Crippen LogP contribution in [0.25, 0.3) is 11.0 Å². The van der Waals surface area contributed by atoms with Gasteiger partial charge in [0, 0.05) is 113 Å². The standard InChI is InChI=1S/C65H79N11O11S/c1-5-51(44-29-58(82-4)62(67-35-44)73-23-27-85-37-41(73)3)72-21-22-74(56(36-72)48-9-7-6-8-40(48)2)46-33-65(34-46)16-19-71(20-17-65)45-10-11-49(53(30-45)75-52-15-26-84-39-59(52)87-64-55(75)28-43-12-18-66-61(43)69-64)63(77)70-88(80,81)47-31-54(76(78)79)60-57(32-47)86-38-50(68-60)42-13-24-83-25-14-42/h6-12,18,28-32,35,41-42,46,50-52,56,59,68H,5,13-17,19-27,33-34,36-39H2,1-4H3,(H,66,69)(H,70,77)/t41-,50-,51+,52-,56-,59-/m0/s1. The van der Waals surface area contributed by atoms with Crippen LogP contribution in [-0.4, -0.2) is 167 Å². The average Bonchev–Trinajstić information content (AvgIpc) is 2.42. The predicted molar refractivity (Wildman–Crippen MR) is 333 cm³/mol. The monoisotopic (exact) mass is 1220 g/mol. The summed E-state index contributed by atoms with van der Waals surface area (Å²) in [6.07, 6.45) is 10.7. The fraction of sp³-hybridized carbons (Fsp3) is 0.523. The summed E-state index contributed by atoms with van der Waals surface area (Å²) in [5, 5.41) is 16.8. The molecule has 1 spiro atoms. The molecule has 14 rings (SSSR count). The Kier molecular flexibility index (Phi) is 15.9. The molecule has 0 radical (unpaired) electrons. The Bertz CT molecular complexity index is 3720. The number of anilines is 5. The quantitative estimate of drug-likeness (QED) is 0.0682. The molecule has 22 nitrogen and oxygen atoms in total. The minimum atomic E-state index is -4.72. The van der Waals surface area contributed by atoms with Gasteiger partial charge in [0.2, 0.25) is 5.88 Å². The number of aromatic amines is 1. The zero-order valence-corrected chi connectivity index (χ0v) is 51.3. The van der Waals surface area contributed by atoms with Gasteiger partial charge in [0.1, 0.15) is 24.0 Å². The first-order valence-corrected chi connectivity index (χ1v) is 32.9. The topological polar surface area (TPSA) is 232 Å². The Labute approximate surface area is 513 Å². The Morgan fingerprint density at radius 1 is 0.920 bits per heavy atom. The highest BCUT2D eigenvalue weighted by Crippen LogP contribution is 2.54. The van der Waals surface area contributed by atoms with E-state index in [1.165, 1.54) is 22.8 Å². The maximum Gasteiger partial charge on any atom is 0.297 e. The first kappa shape index (κ1) is 58.4. The molecule has 10 heterocycles. The van der Waals surface area contributed by atoms with Crippen molar-refractivity contribution in [3.8, 4) is 17.4 Å². The van der Waals surface area contributed by atoms with Gasteiger partial charge >= 0.3 is 0 Å². The second-order valence-electron chi connectivity index (χ2n) is 25.4. The van der Waals surface area contributed by atoms with Crippen molar-refractivity contribution in [3.63, 3.8) is 0 Å². The number of nitro groups is 1. The number of nitrogens with one attached hydrogen (secondary N) is 3. The number of hydrogen-bond donors (Lipinski definition) is 3. The largest absolute Gasteiger partial charge is 0.493 e. The van der Waals surface area contributed by atoms with E-state index in [-0.39, 0.29) is 71.8 Å². The summed E-state index contributed by atoms with van der Waals surface area (Å²) in [5.74, 6) is 1.33. The van der Waals surface area contributed by atoms with Gasteiger partial charge in [0.05, 0.1) is 66.1 Å². The van der Waals surface area contributed by atoms with Crippen molar-refractivity contribution in [1.82, 2.24) is 29.5 Å². The highest BCUT2D eigenvalue weighted by molar-refractivity contribution is 7.90. The van der Waals surface area contributed by atoms with E-state index in [0.717, 1.165) is 113 Å². The second-order valence-corrected chi connectivity index (χ2v) is 27.1. The molecule has 3 aromatic carbocycles. The van der Waals surface area contributed by atoms with Crippen LogP contribution < -0.4 is 38.9 Å². The van der Waals surface area contributed by atoms with Crippen LogP contribution in [0.3, 0.4) is 0 Å². The predicted octanol–water partition coefficient (Wildman–Crippen LogP) is 9.07. The number of benzene rings is 3. The molecular weight excluding hydrogens is 1140 g/mol. The summed E-state index contributed by atoms with van der Waals surface area (Å²) < 4.78 is 67.3. The van der Waals surface area contributed by atoms with Crippen molar-refractivity contribution in [3.05, 3.63) is 118 Å². The summed E-state index contributed by atoms with van der Waals surface area (Å²) in [6.45, 7) is 15.3. The second kappa shape index (κ2) is 23.9. The summed E-state index contributed by atoms with van der Waals surface area (Å²) in [7, 11) is -2.98. The molecule has 6 aromatic rings. The van der Waals surface area contributed by atoms with Crippen molar-refractivity contribution >= 4 is 61.2 Å². The first-order chi connectivity index (χ1) is 42.7. The van der Waals surface area contributed by atoms with Crippen LogP contribution >= 0.6 is 0 Å². The van der Waals surface area contributed by atoms with E-state index in [4.69, 9.17) is 38.4 Å². The maximum absolute atomic E-state index is 15.0. The zero-order chi connectivity index (χ0) is 60.4. The fourth-order valence-corrected chi connectivity index (χ4v) is 16.6. The van der Waals surface area contributed by atoms with Gasteiger partial charge in [-0.25, -0.2) is 18.1 Å². The molecule has 6 atom stereocenters. The number of hydrogen-bond acceptors (Lipinski definition) is 19. The van der Waals surface area contributed by atoms with E-state index in [1.54, 1.807) is 13.2 Å². The number of aryl methyl sites for hydroxylation is 1. The number of morpholine rings is 1. The van der Waals surface area contributed by atoms with Crippen molar-refractivity contribution in [2.24, 2.45) is 11.3 Å². The summed E-state index contributed by atoms with van der Waals surface area (Å²) in [4.78, 5) is 51.9. The number of aromatic nitrogens is 3. The van der Waals surface area contributed by atoms with Crippen molar-refractivity contribution < 1.29 is 46.6 Å². The number of nitrogens with zero attached hydrogens (tertiary/aromatic N) is 8. The fourth-order valence-electron chi connectivity index (χ4n) is 15.6. The smallest absolute Gasteiger partial charge is 0.297 e. The van der Waals surface area contributed by atoms with Crippen LogP contribution in [0.1, 0.15) is 104 Å². The Hall–Kier alpha value is -7.28. The number of piperazine rings is 1. The van der Waals surface area contributed by atoms with Crippen LogP contribution in [-0.2, 0) is 24.2 Å². The summed E-state index contributed by atoms with van der Waals surface area (Å²) in [5.41, 5.74) is 6.45. The average molecular weight is 1220 g/mol. The van der Waals surface area contributed by atoms with Crippen LogP contribution in [0.5, 0.6) is 17.4 Å². The lowest BCUT2D eigenvalue weighted by molar-refractivity contribution is -0.384. The zero-order valence-electron chi connectivity index (χ0n) is 50.5. The highest BCUT2D eigenvalue weighted by Gasteiger charge is 2.51. The number of sulfonamides is 1. The molecule has 0 bridgehead atoms. The molecule has 1 aliphatic carbocycles. The number of nitro benzene ring substituents is 1. The number of piperidine rings is 1. The Balaban J connectivity index is 0.718. The van der Waals surface area contributed by atoms with E-state index in [9.17, 15) is 23.3 Å². The van der Waals surface area contributed by atoms with Gasteiger partial charge in [0.25, 0.3) is 21.6 Å². The molecule has 6 fully saturated rings. The highest BCUT2D eigenvalue weighted by atomic mass is 32.2. The molecule has 88 heavy (non-hydrogen) atoms. The third kappa shape index (κ3) is 10.9. The Morgan fingerprint density at radius 3 is 2.51 bits per heavy atom. The van der Waals surface area contributed by atoms with Crippen LogP contribution in [0.15, 0.2) is 90.1 Å². The maximum atomic E-state index is 15.0. The molecule has 0 unspecified atom stereocenters. The number of amides is 1. The van der Waals surface area contributed by atoms with E-state index >= 15 is 0 Å². The molecule has 7 aliphatic heterocycles. The molecule has 5 saturated heterocycles. The number of H-pyrrole nitrogens is 1. The van der Waals surface area contributed by atoms with Gasteiger partial charge in [-0.15, -0.1) is 0 Å². The van der Waals surface area contributed by atoms with E-state index in [0.29, 0.717) is 68.4 Å². The molecule has 3 N–H and O–H groups in total. The van der Waals surface area contributed by atoms with Gasteiger partial charge < -0.3 is 53.4 Å². The lowest BCUT2D eigenvalue weighted by Gasteiger charge is -2.58. The third-order valence-electron chi connectivity index (χ3n) is 20.4. The van der Waals surface area contributed by atoms with E-state index in [1.807, 2.05) is 30.5 Å². The molecule has 3 aromatic heterocycles. The molecule has 1 saturated carbocycles. The first-order valence-electron chi connectivity index (χ1n) is 31.5. The minimum Gasteiger partial charge on any atom is -0.493 e. The van der Waals surface area contributed by atoms with Gasteiger partial charge in [0.15, 0.2) is 23.0 Å². The number of fused-ring (bicyclic) bond motifs is 4. The van der Waals surface area contributed by atoms with Crippen molar-refractivity contribution in [2.75, 3.05) is 113 Å². The number of carbonyl (C=O) groups is 1. The molecular formula is C65H79N11O11S. The van der Waals surface area contributed by atoms with Crippen LogP contribution in [0.4, 0.5) is 34.3 Å². The number of methoxy groups -OCH3 is 1. The van der Waals surface area contributed by atoms with Crippen LogP contribution in [0.2, 0.25) is 0 Å². The van der Waals surface area contributed by atoms with Crippen molar-refractivity contribution in [1.29, 1.82) is 0 Å². The van der Waals surface area contributed by atoms with Gasteiger partial charge in [-0.2, -0.15) is 4.98 Å². The number of pyridine rings is 2. The number of ether oxygens (including phenoxy) is 6. The van der Waals surface area contributed by atoms with Crippen molar-refractivity contribution in [2.45, 2.75) is 119 Å². The lowest BCUT2D eigenvalue weighted by Crippen LogP contribution is -2.60. The number of carbonyl (C=O) groups excluding carboxylic acids is 1.